The average Bonchev–Trinajstić information content (AvgIpc) is 2.29. The van der Waals surface area contributed by atoms with Crippen molar-refractivity contribution in [3.05, 3.63) is 36.5 Å². The van der Waals surface area contributed by atoms with E-state index in [1.807, 2.05) is 24.4 Å². The Bertz CT molecular complexity index is 470. The largest absolute Gasteiger partial charge is 0.383 e. The molecule has 1 aromatic heterocycles. The summed E-state index contributed by atoms with van der Waals surface area (Å²) in [4.78, 5) is 4.29. The van der Waals surface area contributed by atoms with E-state index in [0.717, 1.165) is 16.6 Å². The molecule has 0 fully saturated rings. The van der Waals surface area contributed by atoms with Crippen molar-refractivity contribution in [1.82, 2.24) is 4.98 Å². The van der Waals surface area contributed by atoms with E-state index in [1.165, 1.54) is 0 Å². The Balaban J connectivity index is 2.19. The van der Waals surface area contributed by atoms with Crippen molar-refractivity contribution in [3.63, 3.8) is 0 Å². The minimum Gasteiger partial charge on any atom is -0.383 e. The van der Waals surface area contributed by atoms with Crippen molar-refractivity contribution in [2.24, 2.45) is 0 Å². The van der Waals surface area contributed by atoms with Crippen molar-refractivity contribution >= 4 is 16.6 Å². The number of anilines is 1. The molecular formula is C13H16N2O. The van der Waals surface area contributed by atoms with E-state index in [2.05, 4.69) is 29.4 Å². The van der Waals surface area contributed by atoms with Crippen LogP contribution in [0.15, 0.2) is 36.5 Å². The van der Waals surface area contributed by atoms with Crippen molar-refractivity contribution in [2.75, 3.05) is 19.0 Å². The first kappa shape index (κ1) is 10.9. The maximum Gasteiger partial charge on any atom is 0.0703 e. The summed E-state index contributed by atoms with van der Waals surface area (Å²) < 4.78 is 5.09. The number of rotatable bonds is 4. The van der Waals surface area contributed by atoms with E-state index in [1.54, 1.807) is 7.11 Å². The topological polar surface area (TPSA) is 34.1 Å². The van der Waals surface area contributed by atoms with Crippen LogP contribution in [0, 0.1) is 0 Å². The van der Waals surface area contributed by atoms with Gasteiger partial charge in [0.25, 0.3) is 0 Å². The third kappa shape index (κ3) is 2.49. The zero-order chi connectivity index (χ0) is 11.4. The lowest BCUT2D eigenvalue weighted by Crippen LogP contribution is -2.20. The van der Waals surface area contributed by atoms with E-state index in [-0.39, 0.29) is 0 Å². The summed E-state index contributed by atoms with van der Waals surface area (Å²) in [5.41, 5.74) is 2.12. The molecule has 1 N–H and O–H groups in total. The van der Waals surface area contributed by atoms with Gasteiger partial charge < -0.3 is 10.1 Å². The highest BCUT2D eigenvalue weighted by Gasteiger charge is 2.01. The number of hydrogen-bond donors (Lipinski definition) is 1. The third-order valence-corrected chi connectivity index (χ3v) is 2.43. The van der Waals surface area contributed by atoms with Gasteiger partial charge in [0.2, 0.25) is 0 Å². The van der Waals surface area contributed by atoms with Gasteiger partial charge in [-0.25, -0.2) is 0 Å². The molecule has 0 aliphatic heterocycles. The quantitative estimate of drug-likeness (QED) is 0.853. The highest BCUT2D eigenvalue weighted by Crippen LogP contribution is 2.17. The molecule has 0 aliphatic carbocycles. The molecular weight excluding hydrogens is 200 g/mol. The summed E-state index contributed by atoms with van der Waals surface area (Å²) in [6.07, 6.45) is 1.81. The minimum atomic E-state index is 0.305. The highest BCUT2D eigenvalue weighted by molar-refractivity contribution is 5.82. The SMILES string of the molecule is COCC(C)Nc1ccc2ncccc2c1. The van der Waals surface area contributed by atoms with Crippen molar-refractivity contribution in [1.29, 1.82) is 0 Å². The lowest BCUT2D eigenvalue weighted by atomic mass is 10.2. The molecule has 1 atom stereocenters. The van der Waals surface area contributed by atoms with Crippen molar-refractivity contribution < 1.29 is 4.74 Å². The first-order valence-corrected chi connectivity index (χ1v) is 5.40. The van der Waals surface area contributed by atoms with Gasteiger partial charge in [-0.3, -0.25) is 4.98 Å². The Labute approximate surface area is 95.5 Å². The number of methoxy groups -OCH3 is 1. The molecule has 0 bridgehead atoms. The Morgan fingerprint density at radius 3 is 3.06 bits per heavy atom. The maximum absolute atomic E-state index is 5.09. The van der Waals surface area contributed by atoms with Crippen molar-refractivity contribution in [2.45, 2.75) is 13.0 Å². The summed E-state index contributed by atoms with van der Waals surface area (Å²) in [7, 11) is 1.71. The summed E-state index contributed by atoms with van der Waals surface area (Å²) in [6.45, 7) is 2.79. The Kier molecular flexibility index (Phi) is 3.37. The lowest BCUT2D eigenvalue weighted by molar-refractivity contribution is 0.190. The predicted molar refractivity (Wildman–Crippen MR) is 66.7 cm³/mol. The minimum absolute atomic E-state index is 0.305. The van der Waals surface area contributed by atoms with Crippen molar-refractivity contribution in [3.8, 4) is 0 Å². The first-order chi connectivity index (χ1) is 7.79. The second-order valence-electron chi connectivity index (χ2n) is 3.91. The summed E-state index contributed by atoms with van der Waals surface area (Å²) in [6, 6.07) is 10.5. The molecule has 16 heavy (non-hydrogen) atoms. The first-order valence-electron chi connectivity index (χ1n) is 5.40. The summed E-state index contributed by atoms with van der Waals surface area (Å²) >= 11 is 0. The van der Waals surface area contributed by atoms with Crippen LogP contribution in [0.1, 0.15) is 6.92 Å². The van der Waals surface area contributed by atoms with Crippen LogP contribution in [-0.4, -0.2) is 24.7 Å². The number of benzene rings is 1. The number of nitrogens with zero attached hydrogens (tertiary/aromatic N) is 1. The van der Waals surface area contributed by atoms with Crippen LogP contribution in [0.4, 0.5) is 5.69 Å². The molecule has 0 aliphatic rings. The Hall–Kier alpha value is -1.61. The molecule has 0 spiro atoms. The number of hydrogen-bond acceptors (Lipinski definition) is 3. The van der Waals surface area contributed by atoms with Gasteiger partial charge in [-0.15, -0.1) is 0 Å². The van der Waals surface area contributed by atoms with E-state index < -0.39 is 0 Å². The third-order valence-electron chi connectivity index (χ3n) is 2.43. The molecule has 1 heterocycles. The van der Waals surface area contributed by atoms with Crippen LogP contribution >= 0.6 is 0 Å². The monoisotopic (exact) mass is 216 g/mol. The van der Waals surface area contributed by atoms with Gasteiger partial charge in [0.15, 0.2) is 0 Å². The van der Waals surface area contributed by atoms with E-state index in [9.17, 15) is 0 Å². The number of ether oxygens (including phenoxy) is 1. The number of aromatic nitrogens is 1. The van der Waals surface area contributed by atoms with Gasteiger partial charge in [-0.2, -0.15) is 0 Å². The predicted octanol–water partition coefficient (Wildman–Crippen LogP) is 2.68. The van der Waals surface area contributed by atoms with Crippen LogP contribution in [-0.2, 0) is 4.74 Å². The van der Waals surface area contributed by atoms with Gasteiger partial charge in [-0.05, 0) is 31.2 Å². The number of pyridine rings is 1. The molecule has 1 unspecified atom stereocenters. The Morgan fingerprint density at radius 2 is 2.25 bits per heavy atom. The van der Waals surface area contributed by atoms with Gasteiger partial charge in [0.1, 0.15) is 0 Å². The standard InChI is InChI=1S/C13H16N2O/c1-10(9-16-2)15-12-5-6-13-11(8-12)4-3-7-14-13/h3-8,10,15H,9H2,1-2H3. The van der Waals surface area contributed by atoms with Crippen LogP contribution in [0.2, 0.25) is 0 Å². The molecule has 2 rings (SSSR count). The molecule has 0 radical (unpaired) electrons. The van der Waals surface area contributed by atoms with Crippen LogP contribution in [0.3, 0.4) is 0 Å². The van der Waals surface area contributed by atoms with Gasteiger partial charge in [0, 0.05) is 30.4 Å². The maximum atomic E-state index is 5.09. The molecule has 2 aromatic rings. The second kappa shape index (κ2) is 4.94. The summed E-state index contributed by atoms with van der Waals surface area (Å²) in [5.74, 6) is 0. The fourth-order valence-electron chi connectivity index (χ4n) is 1.74. The molecule has 0 amide bonds. The van der Waals surface area contributed by atoms with Gasteiger partial charge in [-0.1, -0.05) is 6.07 Å². The molecule has 3 nitrogen and oxygen atoms in total. The number of nitrogens with one attached hydrogen (secondary N) is 1. The average molecular weight is 216 g/mol. The molecule has 84 valence electrons. The fraction of sp³-hybridized carbons (Fsp3) is 0.308. The molecule has 0 saturated heterocycles. The molecule has 3 heteroatoms. The van der Waals surface area contributed by atoms with Crippen LogP contribution in [0.25, 0.3) is 10.9 Å². The normalized spacial score (nSPS) is 12.6. The Morgan fingerprint density at radius 1 is 1.38 bits per heavy atom. The smallest absolute Gasteiger partial charge is 0.0703 e. The zero-order valence-electron chi connectivity index (χ0n) is 9.60. The van der Waals surface area contributed by atoms with Crippen LogP contribution in [0.5, 0.6) is 0 Å². The zero-order valence-corrected chi connectivity index (χ0v) is 9.60. The number of fused-ring (bicyclic) bond motifs is 1. The summed E-state index contributed by atoms with van der Waals surface area (Å²) in [5, 5.41) is 4.53. The van der Waals surface area contributed by atoms with Crippen LogP contribution < -0.4 is 5.32 Å². The van der Waals surface area contributed by atoms with E-state index in [4.69, 9.17) is 4.74 Å². The van der Waals surface area contributed by atoms with E-state index >= 15 is 0 Å². The van der Waals surface area contributed by atoms with E-state index in [0.29, 0.717) is 12.6 Å². The molecule has 1 aromatic carbocycles. The highest BCUT2D eigenvalue weighted by atomic mass is 16.5. The molecule has 0 saturated carbocycles. The van der Waals surface area contributed by atoms with Gasteiger partial charge >= 0.3 is 0 Å². The second-order valence-corrected chi connectivity index (χ2v) is 3.91. The van der Waals surface area contributed by atoms with Gasteiger partial charge in [0.05, 0.1) is 12.1 Å². The fourth-order valence-corrected chi connectivity index (χ4v) is 1.74. The lowest BCUT2D eigenvalue weighted by Gasteiger charge is -2.14.